The van der Waals surface area contributed by atoms with Crippen LogP contribution in [-0.4, -0.2) is 12.1 Å². The third-order valence-electron chi connectivity index (χ3n) is 5.47. The summed E-state index contributed by atoms with van der Waals surface area (Å²) >= 11 is 0. The van der Waals surface area contributed by atoms with Crippen LogP contribution in [0, 0.1) is 17.8 Å². The predicted molar refractivity (Wildman–Crippen MR) is 77.6 cm³/mol. The van der Waals surface area contributed by atoms with E-state index in [2.05, 4.69) is 12.2 Å². The SMILES string of the molecule is CCCC1CCCC(NC(C2CC2)C2CC2)CC1. The van der Waals surface area contributed by atoms with Crippen LogP contribution >= 0.6 is 0 Å². The van der Waals surface area contributed by atoms with Gasteiger partial charge in [-0.05, 0) is 62.7 Å². The summed E-state index contributed by atoms with van der Waals surface area (Å²) < 4.78 is 0. The zero-order valence-corrected chi connectivity index (χ0v) is 12.2. The van der Waals surface area contributed by atoms with Gasteiger partial charge in [-0.2, -0.15) is 0 Å². The lowest BCUT2D eigenvalue weighted by atomic mass is 9.95. The van der Waals surface area contributed by atoms with Crippen LogP contribution in [0.5, 0.6) is 0 Å². The van der Waals surface area contributed by atoms with Gasteiger partial charge < -0.3 is 5.32 Å². The molecule has 0 aromatic heterocycles. The van der Waals surface area contributed by atoms with Gasteiger partial charge in [-0.1, -0.05) is 32.6 Å². The second-order valence-corrected chi connectivity index (χ2v) is 7.23. The van der Waals surface area contributed by atoms with Crippen LogP contribution in [0.1, 0.15) is 77.6 Å². The summed E-state index contributed by atoms with van der Waals surface area (Å²) in [6, 6.07) is 1.77. The Morgan fingerprint density at radius 2 is 1.61 bits per heavy atom. The van der Waals surface area contributed by atoms with E-state index in [0.29, 0.717) is 0 Å². The maximum absolute atomic E-state index is 4.08. The first-order valence-electron chi connectivity index (χ1n) is 8.63. The molecule has 3 fully saturated rings. The van der Waals surface area contributed by atoms with Gasteiger partial charge >= 0.3 is 0 Å². The molecule has 0 radical (unpaired) electrons. The summed E-state index contributed by atoms with van der Waals surface area (Å²) in [5.74, 6) is 3.17. The first-order valence-corrected chi connectivity index (χ1v) is 8.63. The molecular formula is C17H31N. The highest BCUT2D eigenvalue weighted by molar-refractivity contribution is 4.97. The molecule has 1 N–H and O–H groups in total. The lowest BCUT2D eigenvalue weighted by molar-refractivity contribution is 0.334. The number of hydrogen-bond acceptors (Lipinski definition) is 1. The molecule has 1 heteroatoms. The van der Waals surface area contributed by atoms with E-state index in [4.69, 9.17) is 0 Å². The van der Waals surface area contributed by atoms with Crippen LogP contribution in [-0.2, 0) is 0 Å². The number of rotatable bonds is 6. The third-order valence-corrected chi connectivity index (χ3v) is 5.47. The Morgan fingerprint density at radius 1 is 0.889 bits per heavy atom. The Balaban J connectivity index is 1.46. The van der Waals surface area contributed by atoms with E-state index in [1.165, 1.54) is 70.6 Å². The maximum Gasteiger partial charge on any atom is 0.0126 e. The van der Waals surface area contributed by atoms with Crippen LogP contribution < -0.4 is 5.32 Å². The van der Waals surface area contributed by atoms with Gasteiger partial charge in [-0.3, -0.25) is 0 Å². The summed E-state index contributed by atoms with van der Waals surface area (Å²) in [6.45, 7) is 2.34. The number of nitrogens with one attached hydrogen (secondary N) is 1. The summed E-state index contributed by atoms with van der Waals surface area (Å²) in [5, 5.41) is 4.08. The minimum Gasteiger partial charge on any atom is -0.311 e. The molecule has 3 rings (SSSR count). The van der Waals surface area contributed by atoms with Crippen molar-refractivity contribution in [3.8, 4) is 0 Å². The van der Waals surface area contributed by atoms with Crippen molar-refractivity contribution in [2.75, 3.05) is 0 Å². The first kappa shape index (κ1) is 13.0. The third kappa shape index (κ3) is 3.50. The zero-order valence-electron chi connectivity index (χ0n) is 12.2. The van der Waals surface area contributed by atoms with Crippen molar-refractivity contribution in [3.05, 3.63) is 0 Å². The highest BCUT2D eigenvalue weighted by Gasteiger charge is 2.42. The Hall–Kier alpha value is -0.0400. The van der Waals surface area contributed by atoms with E-state index in [0.717, 1.165) is 29.8 Å². The number of hydrogen-bond donors (Lipinski definition) is 1. The highest BCUT2D eigenvalue weighted by atomic mass is 15.0. The quantitative estimate of drug-likeness (QED) is 0.683. The van der Waals surface area contributed by atoms with Gasteiger partial charge in [0.2, 0.25) is 0 Å². The summed E-state index contributed by atoms with van der Waals surface area (Å²) in [5.41, 5.74) is 0. The van der Waals surface area contributed by atoms with Gasteiger partial charge in [0.1, 0.15) is 0 Å². The standard InChI is InChI=1S/C17H31N/c1-2-4-13-5-3-6-16(12-7-13)18-17(14-8-9-14)15-10-11-15/h13-18H,2-12H2,1H3. The maximum atomic E-state index is 4.08. The van der Waals surface area contributed by atoms with Crippen molar-refractivity contribution in [2.24, 2.45) is 17.8 Å². The molecule has 2 unspecified atom stereocenters. The van der Waals surface area contributed by atoms with Gasteiger partial charge in [0.15, 0.2) is 0 Å². The van der Waals surface area contributed by atoms with Crippen molar-refractivity contribution >= 4 is 0 Å². The molecule has 3 aliphatic carbocycles. The predicted octanol–water partition coefficient (Wildman–Crippen LogP) is 4.51. The Kier molecular flexibility index (Phi) is 4.28. The van der Waals surface area contributed by atoms with Gasteiger partial charge in [-0.15, -0.1) is 0 Å². The molecule has 1 nitrogen and oxygen atoms in total. The first-order chi connectivity index (χ1) is 8.86. The molecule has 0 spiro atoms. The normalized spacial score (nSPS) is 33.7. The second-order valence-electron chi connectivity index (χ2n) is 7.23. The molecular weight excluding hydrogens is 218 g/mol. The fourth-order valence-corrected chi connectivity index (χ4v) is 4.08. The van der Waals surface area contributed by atoms with E-state index >= 15 is 0 Å². The van der Waals surface area contributed by atoms with Crippen LogP contribution in [0.2, 0.25) is 0 Å². The Morgan fingerprint density at radius 3 is 2.22 bits per heavy atom. The van der Waals surface area contributed by atoms with Gasteiger partial charge in [0.25, 0.3) is 0 Å². The molecule has 104 valence electrons. The Labute approximate surface area is 113 Å². The minimum atomic E-state index is 0.859. The molecule has 18 heavy (non-hydrogen) atoms. The molecule has 0 saturated heterocycles. The van der Waals surface area contributed by atoms with E-state index in [-0.39, 0.29) is 0 Å². The fraction of sp³-hybridized carbons (Fsp3) is 1.00. The molecule has 3 aliphatic rings. The van der Waals surface area contributed by atoms with Crippen molar-refractivity contribution in [3.63, 3.8) is 0 Å². The summed E-state index contributed by atoms with van der Waals surface area (Å²) in [6.07, 6.45) is 16.3. The molecule has 0 aliphatic heterocycles. The minimum absolute atomic E-state index is 0.859. The van der Waals surface area contributed by atoms with Crippen molar-refractivity contribution in [1.29, 1.82) is 0 Å². The average molecular weight is 249 g/mol. The van der Waals surface area contributed by atoms with Crippen LogP contribution in [0.4, 0.5) is 0 Å². The lowest BCUT2D eigenvalue weighted by Gasteiger charge is -2.25. The van der Waals surface area contributed by atoms with E-state index in [1.807, 2.05) is 0 Å². The molecule has 3 saturated carbocycles. The van der Waals surface area contributed by atoms with Crippen molar-refractivity contribution in [2.45, 2.75) is 89.6 Å². The second kappa shape index (κ2) is 5.94. The van der Waals surface area contributed by atoms with Gasteiger partial charge in [0.05, 0.1) is 0 Å². The summed E-state index contributed by atoms with van der Waals surface area (Å²) in [4.78, 5) is 0. The molecule has 2 atom stereocenters. The fourth-order valence-electron chi connectivity index (χ4n) is 4.08. The molecule has 0 bridgehead atoms. The van der Waals surface area contributed by atoms with Crippen molar-refractivity contribution in [1.82, 2.24) is 5.32 Å². The van der Waals surface area contributed by atoms with E-state index in [9.17, 15) is 0 Å². The van der Waals surface area contributed by atoms with Crippen molar-refractivity contribution < 1.29 is 0 Å². The average Bonchev–Trinajstić information content (AvgIpc) is 3.21. The highest BCUT2D eigenvalue weighted by Crippen LogP contribution is 2.45. The Bertz CT molecular complexity index is 242. The molecule has 0 aromatic rings. The largest absolute Gasteiger partial charge is 0.311 e. The monoisotopic (exact) mass is 249 g/mol. The lowest BCUT2D eigenvalue weighted by Crippen LogP contribution is -2.41. The van der Waals surface area contributed by atoms with E-state index < -0.39 is 0 Å². The molecule has 0 heterocycles. The topological polar surface area (TPSA) is 12.0 Å². The molecule has 0 aromatic carbocycles. The molecule has 0 amide bonds. The summed E-state index contributed by atoms with van der Waals surface area (Å²) in [7, 11) is 0. The smallest absolute Gasteiger partial charge is 0.0126 e. The van der Waals surface area contributed by atoms with E-state index in [1.54, 1.807) is 0 Å². The van der Waals surface area contributed by atoms with Crippen LogP contribution in [0.15, 0.2) is 0 Å². The van der Waals surface area contributed by atoms with Crippen LogP contribution in [0.3, 0.4) is 0 Å². The van der Waals surface area contributed by atoms with Crippen LogP contribution in [0.25, 0.3) is 0 Å². The van der Waals surface area contributed by atoms with Gasteiger partial charge in [-0.25, -0.2) is 0 Å². The van der Waals surface area contributed by atoms with Gasteiger partial charge in [0, 0.05) is 12.1 Å². The zero-order chi connectivity index (χ0) is 12.4.